The number of thiophene rings is 1. The summed E-state index contributed by atoms with van der Waals surface area (Å²) in [6.45, 7) is 0. The zero-order valence-electron chi connectivity index (χ0n) is 32.8. The van der Waals surface area contributed by atoms with Crippen molar-refractivity contribution in [2.45, 2.75) is 0 Å². The Labute approximate surface area is 355 Å². The molecule has 61 heavy (non-hydrogen) atoms. The van der Waals surface area contributed by atoms with Crippen molar-refractivity contribution in [2.75, 3.05) is 0 Å². The highest BCUT2D eigenvalue weighted by Gasteiger charge is 2.18. The second-order valence-corrected chi connectivity index (χ2v) is 17.0. The van der Waals surface area contributed by atoms with Crippen molar-refractivity contribution in [3.63, 3.8) is 0 Å². The summed E-state index contributed by atoms with van der Waals surface area (Å²) in [6, 6.07) is 72.6. The maximum atomic E-state index is 5.03. The number of aromatic nitrogens is 3. The van der Waals surface area contributed by atoms with E-state index in [1.165, 1.54) is 85.8 Å². The lowest BCUT2D eigenvalue weighted by Gasteiger charge is -2.17. The number of nitrogens with zero attached hydrogens (tertiary/aromatic N) is 3. The number of rotatable bonds is 5. The molecule has 0 aliphatic carbocycles. The molecule has 0 saturated carbocycles. The van der Waals surface area contributed by atoms with Gasteiger partial charge in [-0.15, -0.1) is 11.3 Å². The zero-order valence-corrected chi connectivity index (χ0v) is 33.6. The van der Waals surface area contributed by atoms with E-state index in [-0.39, 0.29) is 0 Å². The van der Waals surface area contributed by atoms with Crippen LogP contribution in [0.25, 0.3) is 130 Å². The van der Waals surface area contributed by atoms with E-state index in [2.05, 4.69) is 182 Å². The largest absolute Gasteiger partial charge is 0.208 e. The third-order valence-electron chi connectivity index (χ3n) is 12.4. The number of benzene rings is 10. The minimum Gasteiger partial charge on any atom is -0.208 e. The van der Waals surface area contributed by atoms with Crippen LogP contribution < -0.4 is 0 Å². The van der Waals surface area contributed by atoms with Gasteiger partial charge in [-0.05, 0) is 117 Å². The van der Waals surface area contributed by atoms with Gasteiger partial charge in [-0.2, -0.15) is 0 Å². The van der Waals surface area contributed by atoms with Crippen LogP contribution in [0, 0.1) is 0 Å². The van der Waals surface area contributed by atoms with Gasteiger partial charge in [0.05, 0.1) is 4.88 Å². The Bertz CT molecular complexity index is 3810. The first kappa shape index (κ1) is 34.1. The van der Waals surface area contributed by atoms with Crippen LogP contribution in [0.2, 0.25) is 0 Å². The maximum Gasteiger partial charge on any atom is 0.174 e. The van der Waals surface area contributed by atoms with Crippen LogP contribution in [0.3, 0.4) is 0 Å². The average Bonchev–Trinajstić information content (AvgIpc) is 3.78. The van der Waals surface area contributed by atoms with Crippen molar-refractivity contribution < 1.29 is 0 Å². The van der Waals surface area contributed by atoms with Gasteiger partial charge in [0.2, 0.25) is 0 Å². The van der Waals surface area contributed by atoms with E-state index in [1.807, 2.05) is 18.2 Å². The van der Waals surface area contributed by atoms with E-state index in [4.69, 9.17) is 15.0 Å². The quantitative estimate of drug-likeness (QED) is 0.163. The lowest BCUT2D eigenvalue weighted by atomic mass is 9.86. The van der Waals surface area contributed by atoms with Gasteiger partial charge in [0.15, 0.2) is 17.5 Å². The molecule has 0 aliphatic heterocycles. The monoisotopic (exact) mass is 791 g/mol. The standard InChI is InChI=1S/C57H33N3S/c1-2-9-40(10-3-1)55-58-56(60-57(59-55)50-33-42-11-4-5-18-49(42)61-50)41-28-23-35(24-29-41)34-19-21-36(22-20-34)44-31-43-30-27-39-13-7-16-46-45-15-6-12-37-25-26-38-14-8-17-47(53(38)51(37)45)48(32-44)54(43)52(39)46/h1-33H. The van der Waals surface area contributed by atoms with Gasteiger partial charge in [0.25, 0.3) is 0 Å². The summed E-state index contributed by atoms with van der Waals surface area (Å²) < 4.78 is 1.21. The number of hydrogen-bond acceptors (Lipinski definition) is 4. The van der Waals surface area contributed by atoms with E-state index in [1.54, 1.807) is 11.3 Å². The summed E-state index contributed by atoms with van der Waals surface area (Å²) >= 11 is 1.71. The summed E-state index contributed by atoms with van der Waals surface area (Å²) in [6.07, 6.45) is 0. The molecule has 0 atom stereocenters. The van der Waals surface area contributed by atoms with Gasteiger partial charge in [0, 0.05) is 15.8 Å². The second kappa shape index (κ2) is 13.4. The van der Waals surface area contributed by atoms with E-state index in [0.29, 0.717) is 17.5 Å². The van der Waals surface area contributed by atoms with Crippen molar-refractivity contribution >= 4 is 86.1 Å². The molecule has 2 aromatic heterocycles. The minimum absolute atomic E-state index is 0.658. The van der Waals surface area contributed by atoms with Crippen molar-refractivity contribution in [3.05, 3.63) is 200 Å². The average molecular weight is 792 g/mol. The first-order valence-corrected chi connectivity index (χ1v) is 21.5. The summed E-state index contributed by atoms with van der Waals surface area (Å²) in [5.41, 5.74) is 6.59. The van der Waals surface area contributed by atoms with Crippen LogP contribution in [0.1, 0.15) is 0 Å². The van der Waals surface area contributed by atoms with Crippen molar-refractivity contribution in [3.8, 4) is 55.7 Å². The Balaban J connectivity index is 0.910. The zero-order chi connectivity index (χ0) is 40.0. The third-order valence-corrected chi connectivity index (χ3v) is 13.5. The lowest BCUT2D eigenvalue weighted by Crippen LogP contribution is -1.99. The Morgan fingerprint density at radius 2 is 0.705 bits per heavy atom. The fraction of sp³-hybridized carbons (Fsp3) is 0. The highest BCUT2D eigenvalue weighted by molar-refractivity contribution is 7.22. The Morgan fingerprint density at radius 3 is 1.30 bits per heavy atom. The van der Waals surface area contributed by atoms with Crippen LogP contribution in [0.4, 0.5) is 0 Å². The molecule has 0 saturated heterocycles. The predicted octanol–water partition coefficient (Wildman–Crippen LogP) is 15.8. The minimum atomic E-state index is 0.658. The molecule has 0 radical (unpaired) electrons. The molecule has 2 heterocycles. The Hall–Kier alpha value is -7.79. The molecule has 11 aromatic carbocycles. The molecule has 282 valence electrons. The fourth-order valence-corrected chi connectivity index (χ4v) is 10.5. The predicted molar refractivity (Wildman–Crippen MR) is 259 cm³/mol. The van der Waals surface area contributed by atoms with Gasteiger partial charge >= 0.3 is 0 Å². The molecule has 13 aromatic rings. The summed E-state index contributed by atoms with van der Waals surface area (Å²) in [4.78, 5) is 16.0. The number of fused-ring (bicyclic) bond motifs is 3. The molecule has 0 amide bonds. The number of hydrogen-bond donors (Lipinski definition) is 0. The molecular weight excluding hydrogens is 759 g/mol. The fourth-order valence-electron chi connectivity index (χ4n) is 9.54. The first-order valence-electron chi connectivity index (χ1n) is 20.7. The summed E-state index contributed by atoms with van der Waals surface area (Å²) in [7, 11) is 0. The maximum absolute atomic E-state index is 5.03. The van der Waals surface area contributed by atoms with Crippen molar-refractivity contribution in [1.29, 1.82) is 0 Å². The van der Waals surface area contributed by atoms with Gasteiger partial charge in [-0.25, -0.2) is 15.0 Å². The van der Waals surface area contributed by atoms with Gasteiger partial charge in [-0.1, -0.05) is 176 Å². The van der Waals surface area contributed by atoms with Gasteiger partial charge in [0.1, 0.15) is 0 Å². The molecule has 3 nitrogen and oxygen atoms in total. The second-order valence-electron chi connectivity index (χ2n) is 15.9. The van der Waals surface area contributed by atoms with E-state index in [0.717, 1.165) is 27.1 Å². The Morgan fingerprint density at radius 1 is 0.262 bits per heavy atom. The molecule has 0 aliphatic rings. The molecule has 0 bridgehead atoms. The highest BCUT2D eigenvalue weighted by Crippen LogP contribution is 2.44. The molecule has 4 heteroatoms. The normalized spacial score (nSPS) is 11.9. The molecule has 0 unspecified atom stereocenters. The van der Waals surface area contributed by atoms with E-state index in [9.17, 15) is 0 Å². The summed E-state index contributed by atoms with van der Waals surface area (Å²) in [5.74, 6) is 2.01. The van der Waals surface area contributed by atoms with Crippen LogP contribution in [-0.4, -0.2) is 15.0 Å². The first-order chi connectivity index (χ1) is 30.2. The molecule has 0 spiro atoms. The third kappa shape index (κ3) is 5.46. The smallest absolute Gasteiger partial charge is 0.174 e. The highest BCUT2D eigenvalue weighted by atomic mass is 32.1. The van der Waals surface area contributed by atoms with E-state index < -0.39 is 0 Å². The molecule has 0 fully saturated rings. The molecule has 0 N–H and O–H groups in total. The van der Waals surface area contributed by atoms with Crippen molar-refractivity contribution in [1.82, 2.24) is 15.0 Å². The molecule has 13 rings (SSSR count). The van der Waals surface area contributed by atoms with Crippen LogP contribution in [0.5, 0.6) is 0 Å². The SMILES string of the molecule is c1ccc(-c2nc(-c3ccc(-c4ccc(-c5cc6ccc7cccc8c9cccc%10ccc%11cccc(c(c5)c6c78)c%11c%109)cc4)cc3)nc(-c3cc4ccccc4s3)n2)cc1. The Kier molecular flexibility index (Phi) is 7.47. The lowest BCUT2D eigenvalue weighted by molar-refractivity contribution is 1.08. The van der Waals surface area contributed by atoms with Crippen LogP contribution >= 0.6 is 11.3 Å². The van der Waals surface area contributed by atoms with Gasteiger partial charge in [-0.3, -0.25) is 0 Å². The van der Waals surface area contributed by atoms with Gasteiger partial charge < -0.3 is 0 Å². The van der Waals surface area contributed by atoms with E-state index >= 15 is 0 Å². The van der Waals surface area contributed by atoms with Crippen LogP contribution in [-0.2, 0) is 0 Å². The summed E-state index contributed by atoms with van der Waals surface area (Å²) in [5, 5.41) is 16.7. The topological polar surface area (TPSA) is 38.7 Å². The van der Waals surface area contributed by atoms with Crippen LogP contribution in [0.15, 0.2) is 200 Å². The van der Waals surface area contributed by atoms with Crippen molar-refractivity contribution in [2.24, 2.45) is 0 Å². The molecular formula is C57H33N3S.